The summed E-state index contributed by atoms with van der Waals surface area (Å²) in [5.41, 5.74) is 2.29. The first-order valence-corrected chi connectivity index (χ1v) is 10.4. The summed E-state index contributed by atoms with van der Waals surface area (Å²) in [6.07, 6.45) is 10.2. The maximum Gasteiger partial charge on any atom is 0.141 e. The van der Waals surface area contributed by atoms with E-state index in [0.717, 1.165) is 63.3 Å². The topological polar surface area (TPSA) is 34.0 Å². The van der Waals surface area contributed by atoms with Gasteiger partial charge in [-0.1, -0.05) is 30.2 Å². The van der Waals surface area contributed by atoms with E-state index in [9.17, 15) is 4.39 Å². The second kappa shape index (κ2) is 8.53. The number of rotatable bonds is 5. The van der Waals surface area contributed by atoms with Crippen LogP contribution in [-0.4, -0.2) is 39.3 Å². The molecule has 0 spiro atoms. The standard InChI is InChI=1S/C21H26ClFN4/c22-18-15-17(7-8-19(18)23)16-9-13-26(14-10-16)11-4-6-21-25-24-20-5-2-1-3-12-27(20)21/h7-9,15H,1-6,10-14H2. The summed E-state index contributed by atoms with van der Waals surface area (Å²) in [4.78, 5) is 2.47. The summed E-state index contributed by atoms with van der Waals surface area (Å²) >= 11 is 5.91. The average Bonchev–Trinajstić information content (AvgIpc) is 2.91. The Bertz CT molecular complexity index is 830. The van der Waals surface area contributed by atoms with E-state index in [2.05, 4.69) is 25.7 Å². The molecule has 4 nitrogen and oxygen atoms in total. The molecule has 0 radical (unpaired) electrons. The summed E-state index contributed by atoms with van der Waals surface area (Å²) in [5.74, 6) is 1.97. The molecule has 144 valence electrons. The highest BCUT2D eigenvalue weighted by molar-refractivity contribution is 6.30. The zero-order valence-electron chi connectivity index (χ0n) is 15.6. The van der Waals surface area contributed by atoms with Crippen LogP contribution in [0.1, 0.15) is 49.3 Å². The first-order valence-electron chi connectivity index (χ1n) is 9.98. The Hall–Kier alpha value is -1.72. The Morgan fingerprint density at radius 3 is 2.81 bits per heavy atom. The third kappa shape index (κ3) is 4.41. The van der Waals surface area contributed by atoms with E-state index in [-0.39, 0.29) is 10.8 Å². The molecule has 1 aromatic heterocycles. The Morgan fingerprint density at radius 2 is 2.00 bits per heavy atom. The average molecular weight is 389 g/mol. The van der Waals surface area contributed by atoms with Crippen LogP contribution in [0.25, 0.3) is 5.57 Å². The van der Waals surface area contributed by atoms with Gasteiger partial charge in [-0.3, -0.25) is 4.90 Å². The highest BCUT2D eigenvalue weighted by Crippen LogP contribution is 2.26. The number of aromatic nitrogens is 3. The van der Waals surface area contributed by atoms with Crippen LogP contribution in [-0.2, 0) is 19.4 Å². The molecule has 0 atom stereocenters. The summed E-state index contributed by atoms with van der Waals surface area (Å²) in [6.45, 7) is 4.10. The fraction of sp³-hybridized carbons (Fsp3) is 0.524. The highest BCUT2D eigenvalue weighted by atomic mass is 35.5. The molecule has 2 aliphatic rings. The number of fused-ring (bicyclic) bond motifs is 1. The van der Waals surface area contributed by atoms with Crippen molar-refractivity contribution in [1.29, 1.82) is 0 Å². The number of hydrogen-bond donors (Lipinski definition) is 0. The molecule has 0 fully saturated rings. The van der Waals surface area contributed by atoms with E-state index < -0.39 is 0 Å². The summed E-state index contributed by atoms with van der Waals surface area (Å²) in [7, 11) is 0. The van der Waals surface area contributed by atoms with Crippen LogP contribution in [0.2, 0.25) is 5.02 Å². The Morgan fingerprint density at radius 1 is 1.07 bits per heavy atom. The molecule has 0 N–H and O–H groups in total. The van der Waals surface area contributed by atoms with E-state index in [1.54, 1.807) is 6.07 Å². The van der Waals surface area contributed by atoms with E-state index in [1.165, 1.54) is 36.7 Å². The second-order valence-electron chi connectivity index (χ2n) is 7.51. The van der Waals surface area contributed by atoms with E-state index in [1.807, 2.05) is 6.07 Å². The Kier molecular flexibility index (Phi) is 5.89. The van der Waals surface area contributed by atoms with Gasteiger partial charge < -0.3 is 4.57 Å². The van der Waals surface area contributed by atoms with Crippen molar-refractivity contribution in [2.45, 2.75) is 51.5 Å². The molecular formula is C21H26ClFN4. The van der Waals surface area contributed by atoms with Crippen LogP contribution in [0, 0.1) is 5.82 Å². The van der Waals surface area contributed by atoms with Gasteiger partial charge in [0, 0.05) is 32.5 Å². The van der Waals surface area contributed by atoms with Crippen molar-refractivity contribution in [3.63, 3.8) is 0 Å². The smallest absolute Gasteiger partial charge is 0.141 e. The van der Waals surface area contributed by atoms with Crippen LogP contribution in [0.4, 0.5) is 4.39 Å². The lowest BCUT2D eigenvalue weighted by atomic mass is 9.99. The molecule has 6 heteroatoms. The first kappa shape index (κ1) is 18.6. The van der Waals surface area contributed by atoms with Crippen molar-refractivity contribution < 1.29 is 4.39 Å². The van der Waals surface area contributed by atoms with E-state index in [0.29, 0.717) is 0 Å². The molecule has 3 heterocycles. The molecule has 0 amide bonds. The van der Waals surface area contributed by atoms with Crippen molar-refractivity contribution >= 4 is 17.2 Å². The van der Waals surface area contributed by atoms with Gasteiger partial charge in [-0.2, -0.15) is 0 Å². The number of nitrogens with zero attached hydrogens (tertiary/aromatic N) is 4. The zero-order valence-corrected chi connectivity index (χ0v) is 16.4. The lowest BCUT2D eigenvalue weighted by Crippen LogP contribution is -2.30. The Labute approximate surface area is 165 Å². The zero-order chi connectivity index (χ0) is 18.6. The molecule has 27 heavy (non-hydrogen) atoms. The molecule has 0 saturated heterocycles. The van der Waals surface area contributed by atoms with Crippen LogP contribution in [0.15, 0.2) is 24.3 Å². The number of aryl methyl sites for hydroxylation is 2. The first-order chi connectivity index (χ1) is 13.2. The van der Waals surface area contributed by atoms with Crippen LogP contribution < -0.4 is 0 Å². The molecule has 2 aliphatic heterocycles. The largest absolute Gasteiger partial charge is 0.315 e. The van der Waals surface area contributed by atoms with Crippen LogP contribution >= 0.6 is 11.6 Å². The third-order valence-corrected chi connectivity index (χ3v) is 5.93. The predicted molar refractivity (Wildman–Crippen MR) is 106 cm³/mol. The molecule has 2 aromatic rings. The minimum absolute atomic E-state index is 0.197. The minimum Gasteiger partial charge on any atom is -0.315 e. The normalized spacial score (nSPS) is 18.1. The van der Waals surface area contributed by atoms with Crippen molar-refractivity contribution in [1.82, 2.24) is 19.7 Å². The molecule has 0 unspecified atom stereocenters. The fourth-order valence-corrected chi connectivity index (χ4v) is 4.24. The van der Waals surface area contributed by atoms with Gasteiger partial charge in [0.1, 0.15) is 17.5 Å². The van der Waals surface area contributed by atoms with Crippen molar-refractivity contribution in [3.05, 3.63) is 52.3 Å². The van der Waals surface area contributed by atoms with Crippen LogP contribution in [0.3, 0.4) is 0 Å². The van der Waals surface area contributed by atoms with Gasteiger partial charge in [0.05, 0.1) is 5.02 Å². The maximum absolute atomic E-state index is 13.3. The monoisotopic (exact) mass is 388 g/mol. The minimum atomic E-state index is -0.357. The maximum atomic E-state index is 13.3. The second-order valence-corrected chi connectivity index (χ2v) is 7.91. The summed E-state index contributed by atoms with van der Waals surface area (Å²) < 4.78 is 15.7. The predicted octanol–water partition coefficient (Wildman–Crippen LogP) is 4.52. The lowest BCUT2D eigenvalue weighted by molar-refractivity contribution is 0.296. The van der Waals surface area contributed by atoms with Crippen molar-refractivity contribution in [2.24, 2.45) is 0 Å². The Balaban J connectivity index is 1.29. The summed E-state index contributed by atoms with van der Waals surface area (Å²) in [5, 5.41) is 9.02. The fourth-order valence-electron chi connectivity index (χ4n) is 4.06. The molecule has 0 aliphatic carbocycles. The molecular weight excluding hydrogens is 363 g/mol. The summed E-state index contributed by atoms with van der Waals surface area (Å²) in [6, 6.07) is 5.00. The third-order valence-electron chi connectivity index (χ3n) is 5.64. The highest BCUT2D eigenvalue weighted by Gasteiger charge is 2.16. The van der Waals surface area contributed by atoms with Crippen molar-refractivity contribution in [2.75, 3.05) is 19.6 Å². The van der Waals surface area contributed by atoms with Gasteiger partial charge >= 0.3 is 0 Å². The number of hydrogen-bond acceptors (Lipinski definition) is 3. The van der Waals surface area contributed by atoms with Gasteiger partial charge in [-0.25, -0.2) is 4.39 Å². The quantitative estimate of drug-likeness (QED) is 0.755. The van der Waals surface area contributed by atoms with Crippen LogP contribution in [0.5, 0.6) is 0 Å². The SMILES string of the molecule is Fc1ccc(C2=CCN(CCCc3nnc4n3CCCCC4)CC2)cc1Cl. The van der Waals surface area contributed by atoms with Gasteiger partial charge in [-0.05, 0) is 55.5 Å². The van der Waals surface area contributed by atoms with E-state index in [4.69, 9.17) is 11.6 Å². The molecule has 0 saturated carbocycles. The van der Waals surface area contributed by atoms with Gasteiger partial charge in [-0.15, -0.1) is 10.2 Å². The molecule has 1 aromatic carbocycles. The number of halogens is 2. The van der Waals surface area contributed by atoms with Gasteiger partial charge in [0.2, 0.25) is 0 Å². The van der Waals surface area contributed by atoms with Gasteiger partial charge in [0.15, 0.2) is 0 Å². The number of benzene rings is 1. The lowest BCUT2D eigenvalue weighted by Gasteiger charge is -2.26. The van der Waals surface area contributed by atoms with E-state index >= 15 is 0 Å². The molecule has 4 rings (SSSR count). The van der Waals surface area contributed by atoms with Crippen molar-refractivity contribution in [3.8, 4) is 0 Å². The molecule has 0 bridgehead atoms. The van der Waals surface area contributed by atoms with Gasteiger partial charge in [0.25, 0.3) is 0 Å².